The quantitative estimate of drug-likeness (QED) is 0.937. The zero-order valence-electron chi connectivity index (χ0n) is 11.9. The summed E-state index contributed by atoms with van der Waals surface area (Å²) in [6.45, 7) is 4.48. The van der Waals surface area contributed by atoms with E-state index in [4.69, 9.17) is 5.73 Å². The molecule has 2 rings (SSSR count). The predicted molar refractivity (Wildman–Crippen MR) is 75.2 cm³/mol. The SMILES string of the molecule is CC(C)C(CN)c1cncn1-c1cccc(C(F)(F)F)c1. The van der Waals surface area contributed by atoms with Crippen molar-refractivity contribution < 1.29 is 13.2 Å². The highest BCUT2D eigenvalue weighted by molar-refractivity contribution is 5.39. The Balaban J connectivity index is 2.47. The van der Waals surface area contributed by atoms with Gasteiger partial charge in [-0.1, -0.05) is 19.9 Å². The van der Waals surface area contributed by atoms with Gasteiger partial charge in [-0.2, -0.15) is 13.2 Å². The Bertz CT molecular complexity index is 602. The van der Waals surface area contributed by atoms with E-state index >= 15 is 0 Å². The van der Waals surface area contributed by atoms with Crippen molar-refractivity contribution in [1.29, 1.82) is 0 Å². The molecule has 0 amide bonds. The van der Waals surface area contributed by atoms with Crippen molar-refractivity contribution in [3.8, 4) is 5.69 Å². The maximum atomic E-state index is 12.8. The third-order valence-electron chi connectivity index (χ3n) is 3.56. The summed E-state index contributed by atoms with van der Waals surface area (Å²) in [5.74, 6) is 0.318. The van der Waals surface area contributed by atoms with E-state index in [1.165, 1.54) is 12.4 Å². The lowest BCUT2D eigenvalue weighted by molar-refractivity contribution is -0.137. The van der Waals surface area contributed by atoms with Crippen molar-refractivity contribution in [3.63, 3.8) is 0 Å². The number of halogens is 3. The number of hydrogen-bond donors (Lipinski definition) is 1. The second-order valence-electron chi connectivity index (χ2n) is 5.32. The van der Waals surface area contributed by atoms with Crippen LogP contribution < -0.4 is 5.73 Å². The number of nitrogens with two attached hydrogens (primary N) is 1. The first kappa shape index (κ1) is 15.6. The number of hydrogen-bond acceptors (Lipinski definition) is 2. The summed E-state index contributed by atoms with van der Waals surface area (Å²) in [4.78, 5) is 4.07. The number of aromatic nitrogens is 2. The Morgan fingerprint density at radius 1 is 1.29 bits per heavy atom. The van der Waals surface area contributed by atoms with E-state index in [2.05, 4.69) is 4.98 Å². The molecule has 1 aromatic heterocycles. The molecule has 0 saturated heterocycles. The van der Waals surface area contributed by atoms with Crippen LogP contribution in [0, 0.1) is 5.92 Å². The summed E-state index contributed by atoms with van der Waals surface area (Å²) < 4.78 is 40.1. The van der Waals surface area contributed by atoms with Crippen molar-refractivity contribution in [2.45, 2.75) is 25.9 Å². The topological polar surface area (TPSA) is 43.8 Å². The smallest absolute Gasteiger partial charge is 0.330 e. The molecule has 0 aliphatic rings. The summed E-state index contributed by atoms with van der Waals surface area (Å²) in [6.07, 6.45) is -1.17. The number of imidazole rings is 1. The van der Waals surface area contributed by atoms with Gasteiger partial charge in [0, 0.05) is 30.0 Å². The molecule has 2 aromatic rings. The molecule has 0 spiro atoms. The van der Waals surface area contributed by atoms with Gasteiger partial charge < -0.3 is 10.3 Å². The Morgan fingerprint density at radius 3 is 2.57 bits per heavy atom. The van der Waals surface area contributed by atoms with Gasteiger partial charge in [-0.25, -0.2) is 4.98 Å². The van der Waals surface area contributed by atoms with Gasteiger partial charge in [0.1, 0.15) is 0 Å². The van der Waals surface area contributed by atoms with Crippen molar-refractivity contribution in [2.75, 3.05) is 6.54 Å². The van der Waals surface area contributed by atoms with Crippen LogP contribution in [0.3, 0.4) is 0 Å². The van der Waals surface area contributed by atoms with E-state index in [1.807, 2.05) is 13.8 Å². The maximum Gasteiger partial charge on any atom is 0.416 e. The molecule has 0 saturated carbocycles. The first-order chi connectivity index (χ1) is 9.84. The molecule has 114 valence electrons. The molecule has 6 heteroatoms. The zero-order valence-corrected chi connectivity index (χ0v) is 11.9. The van der Waals surface area contributed by atoms with Gasteiger partial charge in [0.25, 0.3) is 0 Å². The van der Waals surface area contributed by atoms with Gasteiger partial charge >= 0.3 is 6.18 Å². The van der Waals surface area contributed by atoms with Crippen molar-refractivity contribution >= 4 is 0 Å². The van der Waals surface area contributed by atoms with E-state index in [0.717, 1.165) is 17.8 Å². The average molecular weight is 297 g/mol. The van der Waals surface area contributed by atoms with Gasteiger partial charge in [0.2, 0.25) is 0 Å². The van der Waals surface area contributed by atoms with Crippen molar-refractivity contribution in [3.05, 3.63) is 48.0 Å². The fourth-order valence-corrected chi connectivity index (χ4v) is 2.36. The minimum absolute atomic E-state index is 0.0436. The van der Waals surface area contributed by atoms with Gasteiger partial charge in [-0.05, 0) is 24.1 Å². The molecule has 2 N–H and O–H groups in total. The number of rotatable bonds is 4. The van der Waals surface area contributed by atoms with Crippen LogP contribution in [-0.2, 0) is 6.18 Å². The molecule has 21 heavy (non-hydrogen) atoms. The molecular weight excluding hydrogens is 279 g/mol. The Morgan fingerprint density at radius 2 is 2.00 bits per heavy atom. The van der Waals surface area contributed by atoms with E-state index in [-0.39, 0.29) is 11.8 Å². The molecule has 0 bridgehead atoms. The van der Waals surface area contributed by atoms with Crippen LogP contribution in [-0.4, -0.2) is 16.1 Å². The Labute approximate surface area is 121 Å². The van der Waals surface area contributed by atoms with Gasteiger partial charge in [-0.15, -0.1) is 0 Å². The van der Waals surface area contributed by atoms with Crippen molar-refractivity contribution in [1.82, 2.24) is 9.55 Å². The standard InChI is InChI=1S/C15H18F3N3/c1-10(2)13(7-19)14-8-20-9-21(14)12-5-3-4-11(6-12)15(16,17)18/h3-6,8-10,13H,7,19H2,1-2H3. The maximum absolute atomic E-state index is 12.8. The van der Waals surface area contributed by atoms with Crippen LogP contribution in [0.25, 0.3) is 5.69 Å². The Kier molecular flexibility index (Phi) is 4.37. The second-order valence-corrected chi connectivity index (χ2v) is 5.32. The average Bonchev–Trinajstić information content (AvgIpc) is 2.87. The molecule has 1 heterocycles. The Hall–Kier alpha value is -1.82. The van der Waals surface area contributed by atoms with Crippen LogP contribution in [0.4, 0.5) is 13.2 Å². The lowest BCUT2D eigenvalue weighted by Crippen LogP contribution is -2.20. The molecule has 0 fully saturated rings. The summed E-state index contributed by atoms with van der Waals surface area (Å²) in [5.41, 5.74) is 6.38. The highest BCUT2D eigenvalue weighted by Gasteiger charge is 2.30. The fraction of sp³-hybridized carbons (Fsp3) is 0.400. The predicted octanol–water partition coefficient (Wildman–Crippen LogP) is 3.59. The lowest BCUT2D eigenvalue weighted by Gasteiger charge is -2.21. The molecule has 1 aromatic carbocycles. The number of alkyl halides is 3. The molecule has 1 unspecified atom stereocenters. The normalized spacial score (nSPS) is 13.7. The summed E-state index contributed by atoms with van der Waals surface area (Å²) in [6, 6.07) is 5.21. The third-order valence-corrected chi connectivity index (χ3v) is 3.56. The van der Waals surface area contributed by atoms with Crippen LogP contribution in [0.1, 0.15) is 31.0 Å². The molecule has 0 aliphatic carbocycles. The monoisotopic (exact) mass is 297 g/mol. The number of benzene rings is 1. The lowest BCUT2D eigenvalue weighted by atomic mass is 9.93. The van der Waals surface area contributed by atoms with Crippen molar-refractivity contribution in [2.24, 2.45) is 11.7 Å². The van der Waals surface area contributed by atoms with E-state index < -0.39 is 11.7 Å². The van der Waals surface area contributed by atoms with Crippen LogP contribution in [0.15, 0.2) is 36.8 Å². The minimum atomic E-state index is -4.36. The second kappa shape index (κ2) is 5.89. The fourth-order valence-electron chi connectivity index (χ4n) is 2.36. The number of nitrogens with zero attached hydrogens (tertiary/aromatic N) is 2. The summed E-state index contributed by atoms with van der Waals surface area (Å²) in [7, 11) is 0. The van der Waals surface area contributed by atoms with Crippen LogP contribution in [0.5, 0.6) is 0 Å². The summed E-state index contributed by atoms with van der Waals surface area (Å²) in [5, 5.41) is 0. The summed E-state index contributed by atoms with van der Waals surface area (Å²) >= 11 is 0. The van der Waals surface area contributed by atoms with Gasteiger partial charge in [0.05, 0.1) is 11.9 Å². The molecule has 3 nitrogen and oxygen atoms in total. The largest absolute Gasteiger partial charge is 0.416 e. The zero-order chi connectivity index (χ0) is 15.6. The molecule has 1 atom stereocenters. The third kappa shape index (κ3) is 3.26. The molecular formula is C15H18F3N3. The highest BCUT2D eigenvalue weighted by atomic mass is 19.4. The van der Waals surface area contributed by atoms with E-state index in [0.29, 0.717) is 12.2 Å². The van der Waals surface area contributed by atoms with Crippen LogP contribution >= 0.6 is 0 Å². The minimum Gasteiger partial charge on any atom is -0.330 e. The molecule has 0 radical (unpaired) electrons. The first-order valence-electron chi connectivity index (χ1n) is 6.74. The molecule has 0 aliphatic heterocycles. The van der Waals surface area contributed by atoms with E-state index in [1.54, 1.807) is 16.8 Å². The van der Waals surface area contributed by atoms with Gasteiger partial charge in [0.15, 0.2) is 0 Å². The van der Waals surface area contributed by atoms with Crippen LogP contribution in [0.2, 0.25) is 0 Å². The first-order valence-corrected chi connectivity index (χ1v) is 6.74. The highest BCUT2D eigenvalue weighted by Crippen LogP contribution is 2.31. The van der Waals surface area contributed by atoms with Gasteiger partial charge in [-0.3, -0.25) is 0 Å². The van der Waals surface area contributed by atoms with E-state index in [9.17, 15) is 13.2 Å².